The van der Waals surface area contributed by atoms with Crippen LogP contribution in [0.2, 0.25) is 0 Å². The zero-order valence-corrected chi connectivity index (χ0v) is 22.2. The van der Waals surface area contributed by atoms with E-state index in [0.29, 0.717) is 24.7 Å². The van der Waals surface area contributed by atoms with Crippen LogP contribution in [-0.4, -0.2) is 78.5 Å². The van der Waals surface area contributed by atoms with Crippen molar-refractivity contribution in [3.05, 3.63) is 80.5 Å². The normalized spacial score (nSPS) is 16.2. The third-order valence-corrected chi connectivity index (χ3v) is 8.79. The summed E-state index contributed by atoms with van der Waals surface area (Å²) in [6, 6.07) is 13.6. The first-order valence-corrected chi connectivity index (χ1v) is 13.9. The van der Waals surface area contributed by atoms with E-state index in [4.69, 9.17) is 15.2 Å². The van der Waals surface area contributed by atoms with Gasteiger partial charge in [0.15, 0.2) is 17.3 Å². The van der Waals surface area contributed by atoms with Gasteiger partial charge >= 0.3 is 5.69 Å². The first-order valence-electron chi connectivity index (χ1n) is 12.5. The summed E-state index contributed by atoms with van der Waals surface area (Å²) in [5.74, 6) is 0.179. The van der Waals surface area contributed by atoms with E-state index in [0.717, 1.165) is 10.1 Å². The zero-order chi connectivity index (χ0) is 27.7. The highest BCUT2D eigenvalue weighted by atomic mass is 32.2. The zero-order valence-electron chi connectivity index (χ0n) is 21.4. The first kappa shape index (κ1) is 26.7. The number of carbonyl (C=O) groups excluding carboxylic acids is 1. The van der Waals surface area contributed by atoms with E-state index in [9.17, 15) is 22.8 Å². The van der Waals surface area contributed by atoms with Gasteiger partial charge in [-0.2, -0.15) is 4.31 Å². The summed E-state index contributed by atoms with van der Waals surface area (Å²) in [6.45, 7) is 1.60. The molecule has 2 aromatic carbocycles. The Morgan fingerprint density at radius 3 is 2.31 bits per heavy atom. The average molecular weight is 556 g/mol. The molecule has 2 aliphatic heterocycles. The molecule has 0 amide bonds. The highest BCUT2D eigenvalue weighted by Crippen LogP contribution is 2.33. The number of Topliss-reactive ketones (excluding diaryl/α,β-unsaturated/α-hetero) is 1. The number of hydrogen-bond acceptors (Lipinski definition) is 9. The molecule has 1 fully saturated rings. The fourth-order valence-electron chi connectivity index (χ4n) is 4.71. The average Bonchev–Trinajstić information content (AvgIpc) is 2.95. The van der Waals surface area contributed by atoms with Gasteiger partial charge in [-0.15, -0.1) is 0 Å². The summed E-state index contributed by atoms with van der Waals surface area (Å²) in [4.78, 5) is 40.7. The minimum absolute atomic E-state index is 0.105. The molecule has 1 aromatic heterocycles. The summed E-state index contributed by atoms with van der Waals surface area (Å²) in [5.41, 5.74) is 5.37. The van der Waals surface area contributed by atoms with Gasteiger partial charge in [0.05, 0.1) is 18.0 Å². The van der Waals surface area contributed by atoms with Gasteiger partial charge in [-0.3, -0.25) is 23.6 Å². The standard InChI is InChI=1S/C26H29N5O7S/c1-28-25(33)23(24(27)31(26(28)34)16-18-5-3-2-4-6-18)20(32)17-29-9-11-30(12-10-29)39(35,36)19-7-8-21-22(15-19)38-14-13-37-21/h2-8,15H,9-14,16-17,27H2,1H3. The fourth-order valence-corrected chi connectivity index (χ4v) is 6.15. The molecule has 0 spiro atoms. The molecule has 39 heavy (non-hydrogen) atoms. The lowest BCUT2D eigenvalue weighted by molar-refractivity contribution is 0.0899. The van der Waals surface area contributed by atoms with Crippen LogP contribution >= 0.6 is 0 Å². The molecule has 13 heteroatoms. The summed E-state index contributed by atoms with van der Waals surface area (Å²) in [7, 11) is -2.47. The Bertz CT molecular complexity index is 1620. The highest BCUT2D eigenvalue weighted by Gasteiger charge is 2.31. The van der Waals surface area contributed by atoms with Gasteiger partial charge < -0.3 is 15.2 Å². The van der Waals surface area contributed by atoms with Crippen molar-refractivity contribution >= 4 is 21.6 Å². The molecule has 0 bridgehead atoms. The smallest absolute Gasteiger partial charge is 0.332 e. The molecule has 206 valence electrons. The van der Waals surface area contributed by atoms with E-state index in [-0.39, 0.29) is 55.5 Å². The maximum atomic E-state index is 13.3. The Morgan fingerprint density at radius 2 is 1.62 bits per heavy atom. The van der Waals surface area contributed by atoms with E-state index < -0.39 is 27.1 Å². The fraction of sp³-hybridized carbons (Fsp3) is 0.346. The lowest BCUT2D eigenvalue weighted by atomic mass is 10.1. The summed E-state index contributed by atoms with van der Waals surface area (Å²) >= 11 is 0. The Hall–Kier alpha value is -3.94. The topological polar surface area (TPSA) is 146 Å². The molecule has 0 radical (unpaired) electrons. The molecule has 5 rings (SSSR count). The molecule has 3 aromatic rings. The van der Waals surface area contributed by atoms with Crippen molar-refractivity contribution in [3.63, 3.8) is 0 Å². The Labute approximate surface area is 224 Å². The highest BCUT2D eigenvalue weighted by molar-refractivity contribution is 7.89. The largest absolute Gasteiger partial charge is 0.486 e. The molecular weight excluding hydrogens is 526 g/mol. The van der Waals surface area contributed by atoms with Crippen molar-refractivity contribution in [1.82, 2.24) is 18.3 Å². The lowest BCUT2D eigenvalue weighted by Gasteiger charge is -2.33. The van der Waals surface area contributed by atoms with Gasteiger partial charge in [-0.1, -0.05) is 30.3 Å². The second kappa shape index (κ2) is 10.7. The van der Waals surface area contributed by atoms with E-state index in [1.165, 1.54) is 28.1 Å². The monoisotopic (exact) mass is 555 g/mol. The summed E-state index contributed by atoms with van der Waals surface area (Å²) in [6.07, 6.45) is 0. The third-order valence-electron chi connectivity index (χ3n) is 6.90. The van der Waals surface area contributed by atoms with Crippen LogP contribution in [0, 0.1) is 0 Å². The SMILES string of the molecule is Cn1c(=O)c(C(=O)CN2CCN(S(=O)(=O)c3ccc4c(c3)OCCO4)CC2)c(N)n(Cc2ccccc2)c1=O. The number of nitrogens with zero attached hydrogens (tertiary/aromatic N) is 4. The van der Waals surface area contributed by atoms with Gasteiger partial charge in [0, 0.05) is 39.3 Å². The van der Waals surface area contributed by atoms with Crippen LogP contribution in [0.5, 0.6) is 11.5 Å². The second-order valence-corrected chi connectivity index (χ2v) is 11.3. The maximum absolute atomic E-state index is 13.3. The van der Waals surface area contributed by atoms with Crippen molar-refractivity contribution in [2.75, 3.05) is 51.7 Å². The van der Waals surface area contributed by atoms with Crippen LogP contribution in [0.1, 0.15) is 15.9 Å². The van der Waals surface area contributed by atoms with Gasteiger partial charge in [0.2, 0.25) is 10.0 Å². The quantitative estimate of drug-likeness (QED) is 0.402. The minimum atomic E-state index is -3.78. The molecule has 2 N–H and O–H groups in total. The first-order chi connectivity index (χ1) is 18.7. The van der Waals surface area contributed by atoms with Gasteiger partial charge in [0.25, 0.3) is 5.56 Å². The Morgan fingerprint density at radius 1 is 0.949 bits per heavy atom. The second-order valence-electron chi connectivity index (χ2n) is 9.39. The number of fused-ring (bicyclic) bond motifs is 1. The molecule has 3 heterocycles. The summed E-state index contributed by atoms with van der Waals surface area (Å²) in [5, 5.41) is 0. The van der Waals surface area contributed by atoms with E-state index in [1.54, 1.807) is 11.0 Å². The Kier molecular flexibility index (Phi) is 7.30. The number of nitrogens with two attached hydrogens (primary N) is 1. The van der Waals surface area contributed by atoms with Crippen LogP contribution in [0.4, 0.5) is 5.82 Å². The number of ketones is 1. The van der Waals surface area contributed by atoms with E-state index in [2.05, 4.69) is 0 Å². The van der Waals surface area contributed by atoms with Crippen LogP contribution in [0.15, 0.2) is 63.0 Å². The van der Waals surface area contributed by atoms with Gasteiger partial charge in [0.1, 0.15) is 24.6 Å². The maximum Gasteiger partial charge on any atom is 0.332 e. The van der Waals surface area contributed by atoms with E-state index in [1.807, 2.05) is 30.3 Å². The predicted molar refractivity (Wildman–Crippen MR) is 143 cm³/mol. The minimum Gasteiger partial charge on any atom is -0.486 e. The molecule has 0 saturated carbocycles. The number of carbonyl (C=O) groups is 1. The number of hydrogen-bond donors (Lipinski definition) is 1. The predicted octanol–water partition coefficient (Wildman–Crippen LogP) is 0.138. The number of anilines is 1. The number of rotatable bonds is 7. The number of aromatic nitrogens is 2. The summed E-state index contributed by atoms with van der Waals surface area (Å²) < 4.78 is 40.9. The van der Waals surface area contributed by atoms with Crippen molar-refractivity contribution in [2.45, 2.75) is 11.4 Å². The molecule has 2 aliphatic rings. The van der Waals surface area contributed by atoms with Crippen LogP contribution < -0.4 is 26.5 Å². The van der Waals surface area contributed by atoms with Crippen molar-refractivity contribution in [2.24, 2.45) is 7.05 Å². The third kappa shape index (κ3) is 5.20. The molecule has 0 unspecified atom stereocenters. The van der Waals surface area contributed by atoms with Crippen molar-refractivity contribution in [3.8, 4) is 11.5 Å². The van der Waals surface area contributed by atoms with Gasteiger partial charge in [-0.25, -0.2) is 13.2 Å². The van der Waals surface area contributed by atoms with Crippen LogP contribution in [0.25, 0.3) is 0 Å². The molecule has 12 nitrogen and oxygen atoms in total. The molecular formula is C26H29N5O7S. The number of nitrogen functional groups attached to an aromatic ring is 1. The molecule has 0 atom stereocenters. The number of sulfonamides is 1. The molecule has 0 aliphatic carbocycles. The van der Waals surface area contributed by atoms with Gasteiger partial charge in [-0.05, 0) is 17.7 Å². The number of piperazine rings is 1. The Balaban J connectivity index is 1.29. The van der Waals surface area contributed by atoms with E-state index >= 15 is 0 Å². The lowest BCUT2D eigenvalue weighted by Crippen LogP contribution is -2.50. The van der Waals surface area contributed by atoms with Crippen molar-refractivity contribution < 1.29 is 22.7 Å². The van der Waals surface area contributed by atoms with Crippen molar-refractivity contribution in [1.29, 1.82) is 0 Å². The number of ether oxygens (including phenoxy) is 2. The molecule has 1 saturated heterocycles. The van der Waals surface area contributed by atoms with Crippen LogP contribution in [-0.2, 0) is 23.6 Å². The van der Waals surface area contributed by atoms with Crippen LogP contribution in [0.3, 0.4) is 0 Å². The number of benzene rings is 2.